The Hall–Kier alpha value is -2.73. The van der Waals surface area contributed by atoms with E-state index in [0.717, 1.165) is 12.3 Å². The van der Waals surface area contributed by atoms with Gasteiger partial charge in [-0.05, 0) is 40.2 Å². The summed E-state index contributed by atoms with van der Waals surface area (Å²) in [5.74, 6) is -0.563. The van der Waals surface area contributed by atoms with Gasteiger partial charge in [0.2, 0.25) is 6.21 Å². The van der Waals surface area contributed by atoms with Gasteiger partial charge in [0.05, 0.1) is 24.1 Å². The third-order valence-electron chi connectivity index (χ3n) is 5.02. The van der Waals surface area contributed by atoms with Gasteiger partial charge < -0.3 is 9.08 Å². The molecule has 0 N–H and O–H groups in total. The van der Waals surface area contributed by atoms with E-state index in [9.17, 15) is 26.4 Å². The number of carbonyl (C=O) groups excluding carboxylic acids is 1. The van der Waals surface area contributed by atoms with Crippen molar-refractivity contribution in [3.05, 3.63) is 63.9 Å². The molecule has 4 rings (SSSR count). The Morgan fingerprint density at radius 3 is 2.66 bits per heavy atom. The number of rotatable bonds is 4. The highest BCUT2D eigenvalue weighted by molar-refractivity contribution is 9.11. The predicted molar refractivity (Wildman–Crippen MR) is 114 cm³/mol. The first kappa shape index (κ1) is 22.5. The van der Waals surface area contributed by atoms with Crippen LogP contribution in [0, 0.1) is 0 Å². The fraction of sp³-hybridized carbons (Fsp3) is 0.250. The fourth-order valence-electron chi connectivity index (χ4n) is 3.50. The average Bonchev–Trinajstić information content (AvgIpc) is 3.20. The molecule has 0 aliphatic carbocycles. The third-order valence-corrected chi connectivity index (χ3v) is 5.95. The Balaban J connectivity index is 1.70. The van der Waals surface area contributed by atoms with Crippen molar-refractivity contribution in [1.82, 2.24) is 4.90 Å². The van der Waals surface area contributed by atoms with E-state index < -0.39 is 39.1 Å². The van der Waals surface area contributed by atoms with Crippen molar-refractivity contribution in [2.24, 2.45) is 4.99 Å². The molecule has 0 aromatic heterocycles. The number of amidine groups is 1. The molecular weight excluding hydrogens is 515 g/mol. The van der Waals surface area contributed by atoms with Gasteiger partial charge >= 0.3 is 22.2 Å². The van der Waals surface area contributed by atoms with Crippen LogP contribution in [0.3, 0.4) is 0 Å². The number of carbonyl (C=O) groups is 1. The van der Waals surface area contributed by atoms with Crippen LogP contribution in [-0.4, -0.2) is 48.7 Å². The van der Waals surface area contributed by atoms with Crippen LogP contribution in [0.2, 0.25) is 0 Å². The highest BCUT2D eigenvalue weighted by Crippen LogP contribution is 2.41. The molecule has 0 fully saturated rings. The standard InChI is InChI=1S/C20H16BrF3N3O4S/c1-11-8-26-9-14(21)7-16(17(26)25-11)18(28)27-10-19(27,2)12-4-13(20(22,23)24)6-15(5-12)31-32(3,29)30/h4-7,9-10H,1,8H2,2-3H3/q+1/t19-/m1/s1. The summed E-state index contributed by atoms with van der Waals surface area (Å²) in [4.78, 5) is 19.3. The van der Waals surface area contributed by atoms with Crippen LogP contribution in [0.1, 0.15) is 18.1 Å². The van der Waals surface area contributed by atoms with Crippen LogP contribution in [0.4, 0.5) is 13.2 Å². The minimum atomic E-state index is -4.74. The normalized spacial score (nSPS) is 22.6. The second kappa shape index (κ2) is 7.14. The van der Waals surface area contributed by atoms with E-state index in [2.05, 4.69) is 27.5 Å². The van der Waals surface area contributed by atoms with Gasteiger partial charge in [-0.25, -0.2) is 9.79 Å². The third kappa shape index (κ3) is 4.16. The van der Waals surface area contributed by atoms with Crippen molar-refractivity contribution in [2.75, 3.05) is 12.8 Å². The Bertz CT molecular complexity index is 1310. The van der Waals surface area contributed by atoms with Crippen molar-refractivity contribution in [1.29, 1.82) is 0 Å². The molecule has 0 saturated carbocycles. The molecule has 7 nitrogen and oxygen atoms in total. The lowest BCUT2D eigenvalue weighted by Gasteiger charge is -2.19. The van der Waals surface area contributed by atoms with Crippen LogP contribution >= 0.6 is 15.9 Å². The number of hydrogen-bond acceptors (Lipinski definition) is 6. The summed E-state index contributed by atoms with van der Waals surface area (Å²) in [6, 6.07) is 2.64. The number of allylic oxidation sites excluding steroid dienone is 2. The van der Waals surface area contributed by atoms with Crippen molar-refractivity contribution in [3.63, 3.8) is 0 Å². The molecule has 3 heterocycles. The van der Waals surface area contributed by atoms with E-state index in [4.69, 9.17) is 4.18 Å². The molecule has 1 amide bonds. The Labute approximate surface area is 190 Å². The first-order valence-electron chi connectivity index (χ1n) is 9.12. The van der Waals surface area contributed by atoms with Crippen molar-refractivity contribution in [3.8, 4) is 5.75 Å². The number of halogens is 4. The number of alkyl halides is 3. The largest absolute Gasteiger partial charge is 0.424 e. The van der Waals surface area contributed by atoms with Crippen molar-refractivity contribution in [2.45, 2.75) is 18.6 Å². The van der Waals surface area contributed by atoms with E-state index in [-0.39, 0.29) is 11.1 Å². The molecule has 168 valence electrons. The maximum absolute atomic E-state index is 13.4. The zero-order valence-corrected chi connectivity index (χ0v) is 19.2. The highest BCUT2D eigenvalue weighted by Gasteiger charge is 2.59. The van der Waals surface area contributed by atoms with Crippen LogP contribution in [0.15, 0.2) is 57.8 Å². The Kier molecular flexibility index (Phi) is 5.01. The molecule has 12 heteroatoms. The maximum Gasteiger partial charge on any atom is 0.424 e. The molecule has 1 atom stereocenters. The number of amides is 1. The first-order valence-corrected chi connectivity index (χ1v) is 11.7. The smallest absolute Gasteiger partial charge is 0.383 e. The number of benzene rings is 1. The molecule has 3 aliphatic rings. The number of nitrogens with zero attached hydrogens (tertiary/aromatic N) is 3. The monoisotopic (exact) mass is 530 g/mol. The van der Waals surface area contributed by atoms with Gasteiger partial charge in [0.25, 0.3) is 5.54 Å². The van der Waals surface area contributed by atoms with Gasteiger partial charge in [-0.1, -0.05) is 6.58 Å². The molecule has 1 aromatic rings. The van der Waals surface area contributed by atoms with Crippen molar-refractivity contribution < 1.29 is 35.1 Å². The van der Waals surface area contributed by atoms with Gasteiger partial charge in [-0.2, -0.15) is 21.6 Å². The lowest BCUT2D eigenvalue weighted by atomic mass is 9.96. The van der Waals surface area contributed by atoms with Crippen LogP contribution in [0.5, 0.6) is 5.75 Å². The summed E-state index contributed by atoms with van der Waals surface area (Å²) in [5.41, 5.74) is -1.43. The Morgan fingerprint density at radius 2 is 2.03 bits per heavy atom. The van der Waals surface area contributed by atoms with Gasteiger partial charge in [-0.3, -0.25) is 0 Å². The van der Waals surface area contributed by atoms with Gasteiger partial charge in [-0.15, -0.1) is 4.58 Å². The molecule has 0 spiro atoms. The molecular formula is C20H16BrF3N3O4S+. The van der Waals surface area contributed by atoms with Crippen LogP contribution in [-0.2, 0) is 26.6 Å². The average molecular weight is 531 g/mol. The van der Waals surface area contributed by atoms with E-state index in [1.165, 1.54) is 16.9 Å². The molecule has 0 unspecified atom stereocenters. The summed E-state index contributed by atoms with van der Waals surface area (Å²) >= 11 is 3.34. The Morgan fingerprint density at radius 1 is 1.34 bits per heavy atom. The molecule has 0 radical (unpaired) electrons. The van der Waals surface area contributed by atoms with Crippen molar-refractivity contribution >= 4 is 44.0 Å². The number of fused-ring (bicyclic) bond motifs is 1. The summed E-state index contributed by atoms with van der Waals surface area (Å²) in [6.07, 6.45) is 0.772. The molecule has 32 heavy (non-hydrogen) atoms. The zero-order chi connectivity index (χ0) is 23.6. The minimum absolute atomic E-state index is 0.0555. The molecule has 0 saturated heterocycles. The van der Waals surface area contributed by atoms with Crippen LogP contribution < -0.4 is 4.18 Å². The summed E-state index contributed by atoms with van der Waals surface area (Å²) in [5, 5.41) is 0. The predicted octanol–water partition coefficient (Wildman–Crippen LogP) is 3.29. The molecule has 1 aromatic carbocycles. The van der Waals surface area contributed by atoms with Gasteiger partial charge in [0.1, 0.15) is 11.3 Å². The van der Waals surface area contributed by atoms with E-state index in [1.54, 1.807) is 24.1 Å². The quantitative estimate of drug-likeness (QED) is 0.441. The van der Waals surface area contributed by atoms with Gasteiger partial charge in [0.15, 0.2) is 5.84 Å². The lowest BCUT2D eigenvalue weighted by molar-refractivity contribution is -0.426. The van der Waals surface area contributed by atoms with E-state index in [1.807, 2.05) is 0 Å². The van der Waals surface area contributed by atoms with E-state index in [0.29, 0.717) is 28.6 Å². The topological polar surface area (TPSA) is 79.0 Å². The number of aliphatic imine (C=N–C) groups is 1. The molecule has 0 bridgehead atoms. The molecule has 3 aliphatic heterocycles. The lowest BCUT2D eigenvalue weighted by Crippen LogP contribution is -2.33. The van der Waals surface area contributed by atoms with Crippen LogP contribution in [0.25, 0.3) is 0 Å². The second-order valence-electron chi connectivity index (χ2n) is 7.68. The highest BCUT2D eigenvalue weighted by atomic mass is 79.9. The summed E-state index contributed by atoms with van der Waals surface area (Å²) < 4.78 is 69.8. The number of hydrogen-bond donors (Lipinski definition) is 0. The minimum Gasteiger partial charge on any atom is -0.383 e. The first-order chi connectivity index (χ1) is 14.7. The van der Waals surface area contributed by atoms with E-state index >= 15 is 0 Å². The zero-order valence-electron chi connectivity index (χ0n) is 16.8. The summed E-state index contributed by atoms with van der Waals surface area (Å²) in [6.45, 7) is 5.76. The maximum atomic E-state index is 13.4. The summed E-state index contributed by atoms with van der Waals surface area (Å²) in [7, 11) is -4.06. The second-order valence-corrected chi connectivity index (χ2v) is 10.2. The SMILES string of the molecule is C=C1CN2C=C(Br)C=C(C(=O)[N+]3=C[C@]3(C)c3cc(OS(C)(=O)=O)cc(C(F)(F)F)c3)C2=N1. The fourth-order valence-corrected chi connectivity index (χ4v) is 4.42. The van der Waals surface area contributed by atoms with Gasteiger partial charge in [0, 0.05) is 23.2 Å².